The fourth-order valence-electron chi connectivity index (χ4n) is 2.03. The van der Waals surface area contributed by atoms with Crippen LogP contribution in [0.4, 0.5) is 0 Å². The number of rotatable bonds is 1. The van der Waals surface area contributed by atoms with Crippen molar-refractivity contribution in [3.63, 3.8) is 0 Å². The van der Waals surface area contributed by atoms with E-state index in [1.807, 2.05) is 17.7 Å². The summed E-state index contributed by atoms with van der Waals surface area (Å²) >= 11 is 0. The van der Waals surface area contributed by atoms with E-state index in [1.165, 1.54) is 0 Å². The van der Waals surface area contributed by atoms with E-state index in [-0.39, 0.29) is 0 Å². The van der Waals surface area contributed by atoms with Crippen molar-refractivity contribution in [1.82, 2.24) is 14.8 Å². The molecule has 0 unspecified atom stereocenters. The molecule has 0 amide bonds. The van der Waals surface area contributed by atoms with Gasteiger partial charge in [0.15, 0.2) is 0 Å². The Morgan fingerprint density at radius 2 is 2.25 bits per heavy atom. The lowest BCUT2D eigenvalue weighted by atomic mass is 10.1. The van der Waals surface area contributed by atoms with Gasteiger partial charge in [-0.3, -0.25) is 5.10 Å². The smallest absolute Gasteiger partial charge is 0.335 e. The van der Waals surface area contributed by atoms with Gasteiger partial charge in [-0.1, -0.05) is 0 Å². The number of carboxylic acids is 1. The van der Waals surface area contributed by atoms with Gasteiger partial charge in [0, 0.05) is 17.8 Å². The van der Waals surface area contributed by atoms with Crippen molar-refractivity contribution < 1.29 is 9.90 Å². The van der Waals surface area contributed by atoms with Gasteiger partial charge in [-0.15, -0.1) is 0 Å². The van der Waals surface area contributed by atoms with Gasteiger partial charge in [0.2, 0.25) is 0 Å². The molecule has 0 aliphatic rings. The van der Waals surface area contributed by atoms with E-state index < -0.39 is 5.97 Å². The number of fused-ring (bicyclic) bond motifs is 3. The van der Waals surface area contributed by atoms with Crippen LogP contribution in [0.1, 0.15) is 10.4 Å². The monoisotopic (exact) mass is 215 g/mol. The molecule has 5 heteroatoms. The average Bonchev–Trinajstić information content (AvgIpc) is 2.83. The number of aromatic amines is 1. The molecule has 80 valence electrons. The first-order chi connectivity index (χ1) is 7.68. The van der Waals surface area contributed by atoms with Gasteiger partial charge in [0.1, 0.15) is 5.65 Å². The van der Waals surface area contributed by atoms with Gasteiger partial charge in [0.25, 0.3) is 0 Å². The van der Waals surface area contributed by atoms with Gasteiger partial charge in [-0.25, -0.2) is 4.79 Å². The summed E-state index contributed by atoms with van der Waals surface area (Å²) in [6.07, 6.45) is 1.71. The highest BCUT2D eigenvalue weighted by molar-refractivity contribution is 6.08. The van der Waals surface area contributed by atoms with Crippen LogP contribution in [0.25, 0.3) is 21.9 Å². The summed E-state index contributed by atoms with van der Waals surface area (Å²) in [5.41, 5.74) is 2.19. The lowest BCUT2D eigenvalue weighted by molar-refractivity contribution is 0.0697. The highest BCUT2D eigenvalue weighted by Crippen LogP contribution is 2.27. The Balaban J connectivity index is 2.49. The molecule has 5 nitrogen and oxygen atoms in total. The van der Waals surface area contributed by atoms with E-state index >= 15 is 0 Å². The molecule has 0 fully saturated rings. The van der Waals surface area contributed by atoms with E-state index in [4.69, 9.17) is 5.11 Å². The summed E-state index contributed by atoms with van der Waals surface area (Å²) in [7, 11) is 1.92. The molecule has 3 rings (SSSR count). The fourth-order valence-corrected chi connectivity index (χ4v) is 2.03. The lowest BCUT2D eigenvalue weighted by Crippen LogP contribution is -1.95. The average molecular weight is 215 g/mol. The number of nitrogens with one attached hydrogen (secondary N) is 1. The Morgan fingerprint density at radius 1 is 1.44 bits per heavy atom. The van der Waals surface area contributed by atoms with Crippen LogP contribution in [0.15, 0.2) is 24.4 Å². The molecule has 2 N–H and O–H groups in total. The van der Waals surface area contributed by atoms with Gasteiger partial charge >= 0.3 is 5.97 Å². The number of aromatic carboxylic acids is 1. The number of hydrogen-bond acceptors (Lipinski definition) is 2. The molecule has 0 atom stereocenters. The van der Waals surface area contributed by atoms with Crippen molar-refractivity contribution in [2.75, 3.05) is 0 Å². The largest absolute Gasteiger partial charge is 0.478 e. The molecule has 0 saturated carbocycles. The second-order valence-corrected chi connectivity index (χ2v) is 3.73. The quantitative estimate of drug-likeness (QED) is 0.649. The molecule has 0 saturated heterocycles. The van der Waals surface area contributed by atoms with Crippen molar-refractivity contribution in [3.8, 4) is 0 Å². The SMILES string of the molecule is Cn1c2ccc(C(=O)O)cc2c2cn[nH]c21. The molecular formula is C11H9N3O2. The lowest BCUT2D eigenvalue weighted by Gasteiger charge is -1.98. The minimum atomic E-state index is -0.914. The van der Waals surface area contributed by atoms with Crippen molar-refractivity contribution in [1.29, 1.82) is 0 Å². The summed E-state index contributed by atoms with van der Waals surface area (Å²) < 4.78 is 1.96. The van der Waals surface area contributed by atoms with Gasteiger partial charge in [-0.2, -0.15) is 5.10 Å². The minimum Gasteiger partial charge on any atom is -0.478 e. The van der Waals surface area contributed by atoms with E-state index in [1.54, 1.807) is 18.3 Å². The van der Waals surface area contributed by atoms with Crippen LogP contribution >= 0.6 is 0 Å². The molecule has 2 heterocycles. The van der Waals surface area contributed by atoms with Gasteiger partial charge in [-0.05, 0) is 18.2 Å². The molecule has 0 bridgehead atoms. The zero-order chi connectivity index (χ0) is 11.3. The highest BCUT2D eigenvalue weighted by Gasteiger charge is 2.11. The van der Waals surface area contributed by atoms with Crippen LogP contribution in [-0.4, -0.2) is 25.8 Å². The Kier molecular flexibility index (Phi) is 1.60. The number of nitrogens with zero attached hydrogens (tertiary/aromatic N) is 2. The molecule has 16 heavy (non-hydrogen) atoms. The standard InChI is InChI=1S/C11H9N3O2/c1-14-9-3-2-6(11(15)16)4-7(9)8-5-12-13-10(8)14/h2-5H,1H3,(H,12,13)(H,15,16). The number of carboxylic acid groups (broad SMARTS) is 1. The number of hydrogen-bond donors (Lipinski definition) is 2. The van der Waals surface area contributed by atoms with Gasteiger partial charge in [0.05, 0.1) is 17.3 Å². The van der Waals surface area contributed by atoms with Crippen molar-refractivity contribution in [2.24, 2.45) is 7.05 Å². The normalized spacial score (nSPS) is 11.3. The number of carbonyl (C=O) groups is 1. The van der Waals surface area contributed by atoms with Crippen molar-refractivity contribution in [3.05, 3.63) is 30.0 Å². The third-order valence-electron chi connectivity index (χ3n) is 2.85. The summed E-state index contributed by atoms with van der Waals surface area (Å²) in [6, 6.07) is 5.10. The highest BCUT2D eigenvalue weighted by atomic mass is 16.4. The van der Waals surface area contributed by atoms with E-state index in [2.05, 4.69) is 10.2 Å². The van der Waals surface area contributed by atoms with E-state index in [0.717, 1.165) is 21.9 Å². The third-order valence-corrected chi connectivity index (χ3v) is 2.85. The molecule has 0 spiro atoms. The first kappa shape index (κ1) is 8.96. The number of H-pyrrole nitrogens is 1. The molecule has 3 aromatic rings. The molecule has 0 aliphatic heterocycles. The summed E-state index contributed by atoms with van der Waals surface area (Å²) in [5.74, 6) is -0.914. The molecular weight excluding hydrogens is 206 g/mol. The molecule has 2 aromatic heterocycles. The number of benzene rings is 1. The number of aromatic nitrogens is 3. The zero-order valence-corrected chi connectivity index (χ0v) is 8.56. The van der Waals surface area contributed by atoms with Crippen LogP contribution in [-0.2, 0) is 7.05 Å². The summed E-state index contributed by atoms with van der Waals surface area (Å²) in [6.45, 7) is 0. The molecule has 1 aromatic carbocycles. The van der Waals surface area contributed by atoms with Gasteiger partial charge < -0.3 is 9.67 Å². The predicted octanol–water partition coefficient (Wildman–Crippen LogP) is 1.75. The van der Waals surface area contributed by atoms with Crippen molar-refractivity contribution >= 4 is 27.9 Å². The zero-order valence-electron chi connectivity index (χ0n) is 8.56. The maximum absolute atomic E-state index is 10.9. The maximum atomic E-state index is 10.9. The summed E-state index contributed by atoms with van der Waals surface area (Å²) in [5, 5.41) is 17.6. The summed E-state index contributed by atoms with van der Waals surface area (Å²) in [4.78, 5) is 10.9. The molecule has 0 radical (unpaired) electrons. The Hall–Kier alpha value is -2.30. The van der Waals surface area contributed by atoms with Crippen LogP contribution in [0, 0.1) is 0 Å². The Labute approximate surface area is 90.3 Å². The third kappa shape index (κ3) is 0.995. The van der Waals surface area contributed by atoms with E-state index in [0.29, 0.717) is 5.56 Å². The Bertz CT molecular complexity index is 708. The first-order valence-corrected chi connectivity index (χ1v) is 4.83. The second-order valence-electron chi connectivity index (χ2n) is 3.73. The second kappa shape index (κ2) is 2.85. The molecule has 0 aliphatic carbocycles. The van der Waals surface area contributed by atoms with E-state index in [9.17, 15) is 4.79 Å². The Morgan fingerprint density at radius 3 is 3.00 bits per heavy atom. The van der Waals surface area contributed by atoms with Crippen LogP contribution in [0.2, 0.25) is 0 Å². The fraction of sp³-hybridized carbons (Fsp3) is 0.0909. The van der Waals surface area contributed by atoms with Crippen LogP contribution in [0.5, 0.6) is 0 Å². The first-order valence-electron chi connectivity index (χ1n) is 4.83. The van der Waals surface area contributed by atoms with Crippen molar-refractivity contribution in [2.45, 2.75) is 0 Å². The predicted molar refractivity (Wildman–Crippen MR) is 59.5 cm³/mol. The number of aryl methyl sites for hydroxylation is 1. The van der Waals surface area contributed by atoms with Crippen LogP contribution < -0.4 is 0 Å². The maximum Gasteiger partial charge on any atom is 0.335 e. The minimum absolute atomic E-state index is 0.293. The topological polar surface area (TPSA) is 70.9 Å². The van der Waals surface area contributed by atoms with Crippen LogP contribution in [0.3, 0.4) is 0 Å².